The van der Waals surface area contributed by atoms with Gasteiger partial charge in [-0.2, -0.15) is 0 Å². The number of aliphatic hydroxyl groups is 1. The number of hydrogen-bond acceptors (Lipinski definition) is 2. The molecule has 1 N–H and O–H groups in total. The molecule has 1 atom stereocenters. The Balaban J connectivity index is 2.48. The van der Waals surface area contributed by atoms with Gasteiger partial charge in [-0.1, -0.05) is 12.1 Å². The molecule has 94 valence electrons. The predicted octanol–water partition coefficient (Wildman–Crippen LogP) is 1.95. The molecule has 17 heavy (non-hydrogen) atoms. The highest BCUT2D eigenvalue weighted by molar-refractivity contribution is 5.75. The third kappa shape index (κ3) is 4.95. The second-order valence-corrected chi connectivity index (χ2v) is 4.27. The van der Waals surface area contributed by atoms with Crippen LogP contribution >= 0.6 is 0 Å². The van der Waals surface area contributed by atoms with Gasteiger partial charge in [0.05, 0.1) is 6.10 Å². The maximum absolute atomic E-state index is 12.9. The summed E-state index contributed by atoms with van der Waals surface area (Å²) in [5, 5.41) is 9.09. The normalized spacial score (nSPS) is 12.2. The third-order valence-corrected chi connectivity index (χ3v) is 2.51. The molecule has 0 radical (unpaired) electrons. The number of halogens is 1. The van der Waals surface area contributed by atoms with Crippen LogP contribution in [0, 0.1) is 5.82 Å². The van der Waals surface area contributed by atoms with Gasteiger partial charge in [-0.05, 0) is 31.0 Å². The lowest BCUT2D eigenvalue weighted by Crippen LogP contribution is -2.26. The molecule has 1 unspecified atom stereocenters. The smallest absolute Gasteiger partial charge is 0.222 e. The molecule has 0 fully saturated rings. The number of carbonyl (C=O) groups is 1. The van der Waals surface area contributed by atoms with Crippen LogP contribution in [0.25, 0.3) is 0 Å². The lowest BCUT2D eigenvalue weighted by Gasteiger charge is -2.17. The first kappa shape index (κ1) is 13.6. The summed E-state index contributed by atoms with van der Waals surface area (Å²) < 4.78 is 12.9. The molecule has 1 aromatic carbocycles. The van der Waals surface area contributed by atoms with Crippen molar-refractivity contribution < 1.29 is 14.3 Å². The van der Waals surface area contributed by atoms with E-state index in [0.717, 1.165) is 5.56 Å². The van der Waals surface area contributed by atoms with Gasteiger partial charge in [0, 0.05) is 20.0 Å². The summed E-state index contributed by atoms with van der Waals surface area (Å²) in [5.41, 5.74) is 0.762. The molecule has 0 saturated carbocycles. The van der Waals surface area contributed by atoms with Crippen LogP contribution in [-0.4, -0.2) is 29.1 Å². The topological polar surface area (TPSA) is 40.5 Å². The van der Waals surface area contributed by atoms with Gasteiger partial charge in [0.15, 0.2) is 0 Å². The number of nitrogens with zero attached hydrogens (tertiary/aromatic N) is 1. The molecule has 0 saturated heterocycles. The highest BCUT2D eigenvalue weighted by Crippen LogP contribution is 2.08. The number of carbonyl (C=O) groups excluding carboxylic acids is 1. The van der Waals surface area contributed by atoms with E-state index in [0.29, 0.717) is 19.4 Å². The van der Waals surface area contributed by atoms with Crippen LogP contribution < -0.4 is 0 Å². The van der Waals surface area contributed by atoms with Crippen LogP contribution in [0.1, 0.15) is 25.3 Å². The standard InChI is InChI=1S/C13H18FNO2/c1-10(16)6-7-13(17)15(2)9-11-4-3-5-12(14)8-11/h3-5,8,10,16H,6-7,9H2,1-2H3. The summed E-state index contributed by atoms with van der Waals surface area (Å²) in [4.78, 5) is 13.2. The maximum Gasteiger partial charge on any atom is 0.222 e. The van der Waals surface area contributed by atoms with E-state index in [1.54, 1.807) is 26.1 Å². The van der Waals surface area contributed by atoms with Crippen LogP contribution in [0.15, 0.2) is 24.3 Å². The predicted molar refractivity (Wildman–Crippen MR) is 63.8 cm³/mol. The molecular weight excluding hydrogens is 221 g/mol. The van der Waals surface area contributed by atoms with Gasteiger partial charge in [-0.3, -0.25) is 4.79 Å². The zero-order valence-corrected chi connectivity index (χ0v) is 10.2. The van der Waals surface area contributed by atoms with Crippen molar-refractivity contribution in [3.8, 4) is 0 Å². The van der Waals surface area contributed by atoms with E-state index in [9.17, 15) is 9.18 Å². The second-order valence-electron chi connectivity index (χ2n) is 4.27. The van der Waals surface area contributed by atoms with E-state index < -0.39 is 6.10 Å². The Kier molecular flexibility index (Phi) is 5.10. The molecule has 4 heteroatoms. The van der Waals surface area contributed by atoms with Crippen molar-refractivity contribution in [3.63, 3.8) is 0 Å². The molecule has 3 nitrogen and oxygen atoms in total. The summed E-state index contributed by atoms with van der Waals surface area (Å²) in [7, 11) is 1.68. The van der Waals surface area contributed by atoms with Crippen LogP contribution in [-0.2, 0) is 11.3 Å². The fourth-order valence-electron chi connectivity index (χ4n) is 1.52. The van der Waals surface area contributed by atoms with E-state index in [1.165, 1.54) is 17.0 Å². The molecule has 1 rings (SSSR count). The molecule has 0 spiro atoms. The Hall–Kier alpha value is -1.42. The third-order valence-electron chi connectivity index (χ3n) is 2.51. The van der Waals surface area contributed by atoms with Gasteiger partial charge in [0.2, 0.25) is 5.91 Å². The minimum Gasteiger partial charge on any atom is -0.393 e. The zero-order valence-electron chi connectivity index (χ0n) is 10.2. The monoisotopic (exact) mass is 239 g/mol. The van der Waals surface area contributed by atoms with Crippen LogP contribution in [0.3, 0.4) is 0 Å². The minimum absolute atomic E-state index is 0.0461. The Labute approximate surface area is 101 Å². The average Bonchev–Trinajstić information content (AvgIpc) is 2.25. The summed E-state index contributed by atoms with van der Waals surface area (Å²) in [6, 6.07) is 6.19. The second kappa shape index (κ2) is 6.35. The number of aliphatic hydroxyl groups excluding tert-OH is 1. The first-order valence-electron chi connectivity index (χ1n) is 5.65. The summed E-state index contributed by atoms with van der Waals surface area (Å²) in [6.45, 7) is 2.04. The van der Waals surface area contributed by atoms with Gasteiger partial charge in [-0.15, -0.1) is 0 Å². The van der Waals surface area contributed by atoms with Gasteiger partial charge in [0.25, 0.3) is 0 Å². The lowest BCUT2D eigenvalue weighted by atomic mass is 10.2. The molecule has 0 heterocycles. The molecule has 0 aliphatic carbocycles. The van der Waals surface area contributed by atoms with Crippen LogP contribution in [0.2, 0.25) is 0 Å². The molecule has 1 amide bonds. The van der Waals surface area contributed by atoms with Crippen molar-refractivity contribution in [2.24, 2.45) is 0 Å². The molecule has 0 bridgehead atoms. The number of hydrogen-bond donors (Lipinski definition) is 1. The number of rotatable bonds is 5. The summed E-state index contributed by atoms with van der Waals surface area (Å²) >= 11 is 0. The fourth-order valence-corrected chi connectivity index (χ4v) is 1.52. The molecule has 0 aliphatic rings. The maximum atomic E-state index is 12.9. The SMILES string of the molecule is CC(O)CCC(=O)N(C)Cc1cccc(F)c1. The van der Waals surface area contributed by atoms with Gasteiger partial charge in [-0.25, -0.2) is 4.39 Å². The van der Waals surface area contributed by atoms with Gasteiger partial charge < -0.3 is 10.0 Å². The highest BCUT2D eigenvalue weighted by Gasteiger charge is 2.10. The van der Waals surface area contributed by atoms with Crippen LogP contribution in [0.5, 0.6) is 0 Å². The van der Waals surface area contributed by atoms with Crippen molar-refractivity contribution in [3.05, 3.63) is 35.6 Å². The van der Waals surface area contributed by atoms with Crippen molar-refractivity contribution in [1.29, 1.82) is 0 Å². The van der Waals surface area contributed by atoms with Crippen molar-refractivity contribution in [2.45, 2.75) is 32.4 Å². The van der Waals surface area contributed by atoms with Crippen molar-refractivity contribution in [1.82, 2.24) is 4.90 Å². The Bertz CT molecular complexity index is 379. The van der Waals surface area contributed by atoms with E-state index in [2.05, 4.69) is 0 Å². The molecule has 0 aliphatic heterocycles. The number of amides is 1. The molecular formula is C13H18FNO2. The van der Waals surface area contributed by atoms with Crippen molar-refractivity contribution >= 4 is 5.91 Å². The minimum atomic E-state index is -0.471. The quantitative estimate of drug-likeness (QED) is 0.853. The summed E-state index contributed by atoms with van der Waals surface area (Å²) in [6.07, 6.45) is 0.289. The number of benzene rings is 1. The Morgan fingerprint density at radius 2 is 2.24 bits per heavy atom. The first-order valence-corrected chi connectivity index (χ1v) is 5.65. The lowest BCUT2D eigenvalue weighted by molar-refractivity contribution is -0.131. The van der Waals surface area contributed by atoms with Gasteiger partial charge in [0.1, 0.15) is 5.82 Å². The molecule has 0 aromatic heterocycles. The van der Waals surface area contributed by atoms with Crippen molar-refractivity contribution in [2.75, 3.05) is 7.05 Å². The summed E-state index contributed by atoms with van der Waals surface area (Å²) in [5.74, 6) is -0.345. The van der Waals surface area contributed by atoms with E-state index in [1.807, 2.05) is 0 Å². The Morgan fingerprint density at radius 3 is 2.82 bits per heavy atom. The zero-order chi connectivity index (χ0) is 12.8. The first-order chi connectivity index (χ1) is 7.99. The fraction of sp³-hybridized carbons (Fsp3) is 0.462. The van der Waals surface area contributed by atoms with Gasteiger partial charge >= 0.3 is 0 Å². The van der Waals surface area contributed by atoms with Crippen LogP contribution in [0.4, 0.5) is 4.39 Å². The average molecular weight is 239 g/mol. The van der Waals surface area contributed by atoms with E-state index in [-0.39, 0.29) is 11.7 Å². The largest absolute Gasteiger partial charge is 0.393 e. The molecule has 1 aromatic rings. The van der Waals surface area contributed by atoms with E-state index in [4.69, 9.17) is 5.11 Å². The highest BCUT2D eigenvalue weighted by atomic mass is 19.1. The Morgan fingerprint density at radius 1 is 1.53 bits per heavy atom. The van der Waals surface area contributed by atoms with E-state index >= 15 is 0 Å².